The van der Waals surface area contributed by atoms with Crippen LogP contribution in [-0.2, 0) is 0 Å². The summed E-state index contributed by atoms with van der Waals surface area (Å²) < 4.78 is 35.0. The zero-order valence-corrected chi connectivity index (χ0v) is 8.75. The Morgan fingerprint density at radius 2 is 1.64 bits per heavy atom. The normalized spacial score (nSPS) is 12.4. The van der Waals surface area contributed by atoms with Crippen LogP contribution >= 0.6 is 0 Å². The topological polar surface area (TPSA) is 24.1 Å². The average Bonchev–Trinajstić information content (AvgIpc) is 2.00. The second kappa shape index (κ2) is 7.06. The predicted molar refractivity (Wildman–Crippen MR) is 51.2 cm³/mol. The third-order valence-electron chi connectivity index (χ3n) is 1.59. The summed E-state index contributed by atoms with van der Waals surface area (Å²) in [6.45, 7) is 5.38. The molecule has 0 unspecified atom stereocenters. The van der Waals surface area contributed by atoms with Crippen molar-refractivity contribution in [2.45, 2.75) is 26.4 Å². The average molecular weight is 212 g/mol. The third kappa shape index (κ3) is 11.7. The van der Waals surface area contributed by atoms with Crippen molar-refractivity contribution < 1.29 is 13.2 Å². The van der Waals surface area contributed by atoms with Crippen molar-refractivity contribution in [2.75, 3.05) is 26.2 Å². The summed E-state index contributed by atoms with van der Waals surface area (Å²) in [6, 6.07) is 0. The number of hydrogen-bond donors (Lipinski definition) is 2. The summed E-state index contributed by atoms with van der Waals surface area (Å²) in [5.41, 5.74) is 0. The lowest BCUT2D eigenvalue weighted by Gasteiger charge is -2.09. The Balaban J connectivity index is 3.07. The molecule has 0 radical (unpaired) electrons. The number of nitrogens with one attached hydrogen (secondary N) is 2. The molecule has 0 spiro atoms. The van der Waals surface area contributed by atoms with E-state index in [4.69, 9.17) is 0 Å². The largest absolute Gasteiger partial charge is 0.401 e. The summed E-state index contributed by atoms with van der Waals surface area (Å²) in [6.07, 6.45) is -3.37. The van der Waals surface area contributed by atoms with E-state index in [1.807, 2.05) is 0 Å². The van der Waals surface area contributed by atoms with Crippen LogP contribution in [0.1, 0.15) is 20.3 Å². The van der Waals surface area contributed by atoms with Crippen molar-refractivity contribution in [1.29, 1.82) is 0 Å². The molecule has 0 rings (SSSR count). The molecule has 2 N–H and O–H groups in total. The molecular weight excluding hydrogens is 193 g/mol. The lowest BCUT2D eigenvalue weighted by atomic mass is 10.2. The molecule has 0 aromatic rings. The highest BCUT2D eigenvalue weighted by atomic mass is 19.4. The van der Waals surface area contributed by atoms with Gasteiger partial charge in [0.25, 0.3) is 0 Å². The third-order valence-corrected chi connectivity index (χ3v) is 1.59. The summed E-state index contributed by atoms with van der Waals surface area (Å²) in [4.78, 5) is 0. The fourth-order valence-electron chi connectivity index (χ4n) is 0.959. The highest BCUT2D eigenvalue weighted by Gasteiger charge is 2.25. The van der Waals surface area contributed by atoms with Gasteiger partial charge >= 0.3 is 6.18 Å². The van der Waals surface area contributed by atoms with E-state index < -0.39 is 12.7 Å². The van der Waals surface area contributed by atoms with Crippen LogP contribution in [0.25, 0.3) is 0 Å². The molecule has 5 heteroatoms. The molecule has 0 aliphatic rings. The van der Waals surface area contributed by atoms with Crippen molar-refractivity contribution in [3.63, 3.8) is 0 Å². The van der Waals surface area contributed by atoms with E-state index in [0.717, 1.165) is 19.5 Å². The van der Waals surface area contributed by atoms with Gasteiger partial charge in [-0.1, -0.05) is 13.8 Å². The Kier molecular flexibility index (Phi) is 6.92. The van der Waals surface area contributed by atoms with Crippen LogP contribution in [0.15, 0.2) is 0 Å². The van der Waals surface area contributed by atoms with Gasteiger partial charge < -0.3 is 10.6 Å². The van der Waals surface area contributed by atoms with Crippen LogP contribution in [0, 0.1) is 5.92 Å². The van der Waals surface area contributed by atoms with E-state index in [0.29, 0.717) is 12.5 Å². The molecule has 86 valence electrons. The first kappa shape index (κ1) is 13.7. The molecule has 0 saturated carbocycles. The van der Waals surface area contributed by atoms with E-state index in [2.05, 4.69) is 24.5 Å². The van der Waals surface area contributed by atoms with Gasteiger partial charge in [0.2, 0.25) is 0 Å². The lowest BCUT2D eigenvalue weighted by Crippen LogP contribution is -2.31. The van der Waals surface area contributed by atoms with Crippen LogP contribution in [0.5, 0.6) is 0 Å². The van der Waals surface area contributed by atoms with Crippen molar-refractivity contribution in [3.8, 4) is 0 Å². The summed E-state index contributed by atoms with van der Waals surface area (Å²) in [5.74, 6) is 0.582. The van der Waals surface area contributed by atoms with Crippen molar-refractivity contribution >= 4 is 0 Å². The van der Waals surface area contributed by atoms with E-state index in [9.17, 15) is 13.2 Å². The maximum Gasteiger partial charge on any atom is 0.401 e. The molecular formula is C9H19F3N2. The Bertz CT molecular complexity index is 135. The minimum absolute atomic E-state index is 0.407. The minimum Gasteiger partial charge on any atom is -0.316 e. The first-order valence-corrected chi connectivity index (χ1v) is 4.90. The standard InChI is InChI=1S/C9H19F3N2/c1-8(2)6-13-4-3-5-14-7-9(10,11)12/h8,13-14H,3-7H2,1-2H3. The molecule has 0 aliphatic carbocycles. The summed E-state index contributed by atoms with van der Waals surface area (Å²) >= 11 is 0. The molecule has 0 heterocycles. The Hall–Kier alpha value is -0.290. The van der Waals surface area contributed by atoms with Gasteiger partial charge in [-0.15, -0.1) is 0 Å². The van der Waals surface area contributed by atoms with Crippen LogP contribution in [0.2, 0.25) is 0 Å². The number of halogens is 3. The van der Waals surface area contributed by atoms with Gasteiger partial charge in [-0.2, -0.15) is 13.2 Å². The maximum atomic E-state index is 11.7. The van der Waals surface area contributed by atoms with E-state index in [1.54, 1.807) is 0 Å². The lowest BCUT2D eigenvalue weighted by molar-refractivity contribution is -0.124. The molecule has 0 fully saturated rings. The highest BCUT2D eigenvalue weighted by molar-refractivity contribution is 4.57. The van der Waals surface area contributed by atoms with Gasteiger partial charge in [-0.25, -0.2) is 0 Å². The van der Waals surface area contributed by atoms with Gasteiger partial charge in [0.15, 0.2) is 0 Å². The molecule has 0 aromatic heterocycles. The van der Waals surface area contributed by atoms with Crippen molar-refractivity contribution in [3.05, 3.63) is 0 Å². The summed E-state index contributed by atoms with van der Waals surface area (Å²) in [7, 11) is 0. The Labute approximate surface area is 83.3 Å². The number of alkyl halides is 3. The van der Waals surface area contributed by atoms with Gasteiger partial charge in [0.1, 0.15) is 0 Å². The smallest absolute Gasteiger partial charge is 0.316 e. The molecule has 0 amide bonds. The molecule has 0 atom stereocenters. The van der Waals surface area contributed by atoms with Crippen LogP contribution in [0.4, 0.5) is 13.2 Å². The van der Waals surface area contributed by atoms with Gasteiger partial charge in [-0.3, -0.25) is 0 Å². The number of hydrogen-bond acceptors (Lipinski definition) is 2. The maximum absolute atomic E-state index is 11.7. The molecule has 2 nitrogen and oxygen atoms in total. The monoisotopic (exact) mass is 212 g/mol. The first-order valence-electron chi connectivity index (χ1n) is 4.90. The van der Waals surface area contributed by atoms with Crippen molar-refractivity contribution in [1.82, 2.24) is 10.6 Å². The molecule has 0 bridgehead atoms. The Morgan fingerprint density at radius 3 is 2.14 bits per heavy atom. The molecule has 0 aromatic carbocycles. The predicted octanol–water partition coefficient (Wildman–Crippen LogP) is 1.77. The minimum atomic E-state index is -4.09. The van der Waals surface area contributed by atoms with Gasteiger partial charge in [0, 0.05) is 0 Å². The molecule has 0 saturated heterocycles. The van der Waals surface area contributed by atoms with Crippen LogP contribution < -0.4 is 10.6 Å². The molecule has 0 aliphatic heterocycles. The van der Waals surface area contributed by atoms with E-state index in [1.165, 1.54) is 0 Å². The zero-order valence-electron chi connectivity index (χ0n) is 8.75. The van der Waals surface area contributed by atoms with E-state index >= 15 is 0 Å². The highest BCUT2D eigenvalue weighted by Crippen LogP contribution is 2.11. The van der Waals surface area contributed by atoms with Crippen LogP contribution in [0.3, 0.4) is 0 Å². The summed E-state index contributed by atoms with van der Waals surface area (Å²) in [5, 5.41) is 5.51. The first-order chi connectivity index (χ1) is 6.42. The second-order valence-corrected chi connectivity index (χ2v) is 3.74. The quantitative estimate of drug-likeness (QED) is 0.628. The Morgan fingerprint density at radius 1 is 1.07 bits per heavy atom. The van der Waals surface area contributed by atoms with Gasteiger partial charge in [-0.05, 0) is 32.0 Å². The fraction of sp³-hybridized carbons (Fsp3) is 1.00. The van der Waals surface area contributed by atoms with Crippen molar-refractivity contribution in [2.24, 2.45) is 5.92 Å². The second-order valence-electron chi connectivity index (χ2n) is 3.74. The van der Waals surface area contributed by atoms with Gasteiger partial charge in [0.05, 0.1) is 6.54 Å². The SMILES string of the molecule is CC(C)CNCCCNCC(F)(F)F. The molecule has 14 heavy (non-hydrogen) atoms. The van der Waals surface area contributed by atoms with Crippen LogP contribution in [-0.4, -0.2) is 32.4 Å². The van der Waals surface area contributed by atoms with E-state index in [-0.39, 0.29) is 0 Å². The number of rotatable bonds is 7. The fourth-order valence-corrected chi connectivity index (χ4v) is 0.959. The zero-order chi connectivity index (χ0) is 11.0.